The first-order chi connectivity index (χ1) is 18.1. The molecule has 0 saturated heterocycles. The summed E-state index contributed by atoms with van der Waals surface area (Å²) < 4.78 is 9.21. The number of carbonyl (C=O) groups excluding carboxylic acids is 6. The van der Waals surface area contributed by atoms with E-state index in [1.165, 1.54) is 64.5 Å². The number of anilines is 2. The Kier molecular flexibility index (Phi) is 9.05. The van der Waals surface area contributed by atoms with Crippen LogP contribution in [0.15, 0.2) is 36.4 Å². The van der Waals surface area contributed by atoms with Gasteiger partial charge < -0.3 is 20.1 Å². The van der Waals surface area contributed by atoms with Crippen molar-refractivity contribution < 1.29 is 38.2 Å². The Morgan fingerprint density at radius 2 is 1.08 bits per heavy atom. The molecule has 0 aliphatic heterocycles. The summed E-state index contributed by atoms with van der Waals surface area (Å²) in [7, 11) is 2.46. The number of hydrogen-bond acceptors (Lipinski definition) is 10. The van der Waals surface area contributed by atoms with Crippen molar-refractivity contribution >= 4 is 46.7 Å². The van der Waals surface area contributed by atoms with Gasteiger partial charge in [-0.1, -0.05) is 24.3 Å². The average Bonchev–Trinajstić information content (AvgIpc) is 2.92. The van der Waals surface area contributed by atoms with Crippen molar-refractivity contribution in [1.29, 1.82) is 0 Å². The minimum Gasteiger partial charge on any atom is -0.468 e. The molecular weight excluding hydrogens is 496 g/mol. The molecule has 1 aliphatic carbocycles. The third kappa shape index (κ3) is 6.10. The number of benzene rings is 2. The Balaban J connectivity index is 1.83. The van der Waals surface area contributed by atoms with E-state index < -0.39 is 47.4 Å². The molecule has 0 spiro atoms. The lowest BCUT2D eigenvalue weighted by Gasteiger charge is -2.23. The summed E-state index contributed by atoms with van der Waals surface area (Å²) in [6.07, 6.45) is 0. The van der Waals surface area contributed by atoms with Crippen LogP contribution in [0.25, 0.3) is 0 Å². The average molecular weight is 525 g/mol. The van der Waals surface area contributed by atoms with E-state index in [0.717, 1.165) is 0 Å². The third-order valence-electron chi connectivity index (χ3n) is 5.87. The van der Waals surface area contributed by atoms with Gasteiger partial charge >= 0.3 is 11.9 Å². The highest BCUT2D eigenvalue weighted by Crippen LogP contribution is 2.35. The zero-order chi connectivity index (χ0) is 28.0. The Morgan fingerprint density at radius 3 is 1.45 bits per heavy atom. The molecule has 0 bridgehead atoms. The summed E-state index contributed by atoms with van der Waals surface area (Å²) in [6, 6.07) is 7.53. The first-order valence-corrected chi connectivity index (χ1v) is 11.7. The number of amides is 2. The number of esters is 2. The predicted molar refractivity (Wildman–Crippen MR) is 136 cm³/mol. The Morgan fingerprint density at radius 1 is 0.684 bits per heavy atom. The highest BCUT2D eigenvalue weighted by atomic mass is 16.5. The fourth-order valence-corrected chi connectivity index (χ4v) is 3.85. The van der Waals surface area contributed by atoms with Gasteiger partial charge in [-0.2, -0.15) is 0 Å². The van der Waals surface area contributed by atoms with E-state index in [9.17, 15) is 28.8 Å². The van der Waals surface area contributed by atoms with Gasteiger partial charge in [0.25, 0.3) is 0 Å². The van der Waals surface area contributed by atoms with Crippen molar-refractivity contribution in [3.8, 4) is 0 Å². The molecule has 0 radical (unpaired) electrons. The number of ketones is 2. The van der Waals surface area contributed by atoms with Crippen LogP contribution >= 0.6 is 0 Å². The zero-order valence-electron chi connectivity index (χ0n) is 21.3. The Bertz CT molecular complexity index is 1210. The van der Waals surface area contributed by atoms with Gasteiger partial charge in [-0.3, -0.25) is 39.4 Å². The quantitative estimate of drug-likeness (QED) is 0.276. The van der Waals surface area contributed by atoms with Crippen molar-refractivity contribution in [2.45, 2.75) is 25.9 Å². The standard InChI is InChI=1S/C26H28N4O8/c1-13(25(35)37-3)27-11-19(31)29-17-9-5-7-15-21(17)24(34)22-16(23(15)33)8-6-10-18(22)30-20(32)12-28-14(2)26(36)38-4/h5-10,13-14,27-28H,11-12H2,1-4H3,(H,29,31)(H,30,32)/t13-,14-/m1/s1. The first kappa shape index (κ1) is 28.2. The number of nitrogens with one attached hydrogen (secondary N) is 4. The molecule has 0 aromatic heterocycles. The van der Waals surface area contributed by atoms with Crippen molar-refractivity contribution in [1.82, 2.24) is 10.6 Å². The van der Waals surface area contributed by atoms with Crippen molar-refractivity contribution in [3.05, 3.63) is 58.7 Å². The molecule has 38 heavy (non-hydrogen) atoms. The smallest absolute Gasteiger partial charge is 0.322 e. The molecule has 4 N–H and O–H groups in total. The number of rotatable bonds is 10. The van der Waals surface area contributed by atoms with Gasteiger partial charge in [0.15, 0.2) is 11.6 Å². The van der Waals surface area contributed by atoms with Gasteiger partial charge in [0.1, 0.15) is 12.1 Å². The number of methoxy groups -OCH3 is 2. The number of hydrogen-bond donors (Lipinski definition) is 4. The molecule has 0 unspecified atom stereocenters. The maximum absolute atomic E-state index is 13.6. The predicted octanol–water partition coefficient (Wildman–Crippen LogP) is 0.641. The second-order valence-electron chi connectivity index (χ2n) is 8.46. The molecule has 3 rings (SSSR count). The van der Waals surface area contributed by atoms with Crippen LogP contribution in [0.2, 0.25) is 0 Å². The molecule has 12 nitrogen and oxygen atoms in total. The Labute approximate surface area is 218 Å². The summed E-state index contributed by atoms with van der Waals surface area (Å²) in [5.74, 6) is -3.20. The van der Waals surface area contributed by atoms with E-state index in [2.05, 4.69) is 30.7 Å². The van der Waals surface area contributed by atoms with Crippen LogP contribution in [0.4, 0.5) is 11.4 Å². The largest absolute Gasteiger partial charge is 0.468 e. The highest BCUT2D eigenvalue weighted by molar-refractivity contribution is 6.32. The maximum Gasteiger partial charge on any atom is 0.322 e. The van der Waals surface area contributed by atoms with E-state index in [1.807, 2.05) is 0 Å². The summed E-state index contributed by atoms with van der Waals surface area (Å²) in [5, 5.41) is 10.6. The molecule has 1 aliphatic rings. The summed E-state index contributed by atoms with van der Waals surface area (Å²) in [4.78, 5) is 75.1. The minimum absolute atomic E-state index is 0.0153. The monoisotopic (exact) mass is 524 g/mol. The normalized spacial score (nSPS) is 13.5. The van der Waals surface area contributed by atoms with E-state index in [4.69, 9.17) is 0 Å². The number of carbonyl (C=O) groups is 6. The van der Waals surface area contributed by atoms with Gasteiger partial charge in [-0.25, -0.2) is 0 Å². The van der Waals surface area contributed by atoms with Crippen LogP contribution in [-0.2, 0) is 28.7 Å². The molecule has 0 fully saturated rings. The molecule has 2 aromatic rings. The van der Waals surface area contributed by atoms with Gasteiger partial charge in [-0.05, 0) is 26.0 Å². The fraction of sp³-hybridized carbons (Fsp3) is 0.308. The van der Waals surface area contributed by atoms with Crippen LogP contribution in [0.3, 0.4) is 0 Å². The number of fused-ring (bicyclic) bond motifs is 2. The lowest BCUT2D eigenvalue weighted by molar-refractivity contribution is -0.143. The van der Waals surface area contributed by atoms with Gasteiger partial charge in [0.2, 0.25) is 11.8 Å². The highest BCUT2D eigenvalue weighted by Gasteiger charge is 2.34. The molecule has 0 saturated carbocycles. The molecule has 200 valence electrons. The van der Waals surface area contributed by atoms with Crippen molar-refractivity contribution in [2.75, 3.05) is 37.9 Å². The lowest BCUT2D eigenvalue weighted by atomic mass is 9.82. The van der Waals surface area contributed by atoms with E-state index in [1.54, 1.807) is 0 Å². The second-order valence-corrected chi connectivity index (χ2v) is 8.46. The number of ether oxygens (including phenoxy) is 2. The van der Waals surface area contributed by atoms with Crippen LogP contribution in [-0.4, -0.2) is 74.7 Å². The molecule has 12 heteroatoms. The Hall–Kier alpha value is -4.42. The topological polar surface area (TPSA) is 169 Å². The van der Waals surface area contributed by atoms with E-state index in [0.29, 0.717) is 0 Å². The SMILES string of the molecule is COC(=O)[C@@H](C)NCC(=O)Nc1cccc2c1C(=O)c1c(NC(=O)CN[C@H](C)C(=O)OC)cccc1C2=O. The van der Waals surface area contributed by atoms with Crippen LogP contribution in [0.1, 0.15) is 45.7 Å². The fourth-order valence-electron chi connectivity index (χ4n) is 3.85. The van der Waals surface area contributed by atoms with E-state index >= 15 is 0 Å². The molecule has 0 heterocycles. The van der Waals surface area contributed by atoms with Crippen LogP contribution in [0, 0.1) is 0 Å². The van der Waals surface area contributed by atoms with Gasteiger partial charge in [0.05, 0.1) is 49.8 Å². The summed E-state index contributed by atoms with van der Waals surface area (Å²) >= 11 is 0. The van der Waals surface area contributed by atoms with Crippen LogP contribution in [0.5, 0.6) is 0 Å². The van der Waals surface area contributed by atoms with Crippen LogP contribution < -0.4 is 21.3 Å². The van der Waals surface area contributed by atoms with Crippen molar-refractivity contribution in [3.63, 3.8) is 0 Å². The molecule has 2 aromatic carbocycles. The lowest BCUT2D eigenvalue weighted by Crippen LogP contribution is -2.40. The van der Waals surface area contributed by atoms with Crippen molar-refractivity contribution in [2.24, 2.45) is 0 Å². The zero-order valence-corrected chi connectivity index (χ0v) is 21.3. The molecule has 2 amide bonds. The maximum atomic E-state index is 13.6. The van der Waals surface area contributed by atoms with E-state index in [-0.39, 0.29) is 46.7 Å². The van der Waals surface area contributed by atoms with Gasteiger partial charge in [0, 0.05) is 11.1 Å². The minimum atomic E-state index is -0.734. The first-order valence-electron chi connectivity index (χ1n) is 11.7. The van der Waals surface area contributed by atoms with Gasteiger partial charge in [-0.15, -0.1) is 0 Å². The second kappa shape index (κ2) is 12.2. The third-order valence-corrected chi connectivity index (χ3v) is 5.87. The molecular formula is C26H28N4O8. The summed E-state index contributed by atoms with van der Waals surface area (Å²) in [5.41, 5.74) is 0.399. The molecule has 2 atom stereocenters. The summed E-state index contributed by atoms with van der Waals surface area (Å²) in [6.45, 7) is 2.56.